The minimum atomic E-state index is -1.20. The van der Waals surface area contributed by atoms with E-state index in [1.807, 2.05) is 13.8 Å². The molecule has 0 aliphatic heterocycles. The fraction of sp³-hybridized carbons (Fsp3) is 0.429. The maximum Gasteiger partial charge on any atom is 0.392 e. The molecule has 0 fully saturated rings. The van der Waals surface area contributed by atoms with Crippen LogP contribution in [-0.4, -0.2) is 16.1 Å². The van der Waals surface area contributed by atoms with E-state index in [2.05, 4.69) is 4.98 Å². The normalized spacial score (nSPS) is 10.7. The van der Waals surface area contributed by atoms with Crippen molar-refractivity contribution in [1.82, 2.24) is 4.98 Å². The highest BCUT2D eigenvalue weighted by Gasteiger charge is 2.18. The molecule has 0 unspecified atom stereocenters. The van der Waals surface area contributed by atoms with Gasteiger partial charge in [-0.1, -0.05) is 13.8 Å². The van der Waals surface area contributed by atoms with Gasteiger partial charge in [-0.2, -0.15) is 0 Å². The van der Waals surface area contributed by atoms with Crippen LogP contribution >= 0.6 is 11.6 Å². The van der Waals surface area contributed by atoms with Crippen molar-refractivity contribution in [3.05, 3.63) is 16.8 Å². The van der Waals surface area contributed by atoms with Crippen LogP contribution in [0, 0.1) is 0 Å². The van der Waals surface area contributed by atoms with E-state index < -0.39 is 5.97 Å². The Morgan fingerprint density at radius 1 is 1.67 bits per heavy atom. The summed E-state index contributed by atoms with van der Waals surface area (Å²) in [4.78, 5) is 14.1. The van der Waals surface area contributed by atoms with Crippen LogP contribution in [0.3, 0.4) is 0 Å². The summed E-state index contributed by atoms with van der Waals surface area (Å²) in [5.41, 5.74) is 0.481. The maximum atomic E-state index is 10.4. The molecule has 12 heavy (non-hydrogen) atoms. The first-order valence-electron chi connectivity index (χ1n) is 3.42. The number of carbonyl (C=O) groups is 1. The summed E-state index contributed by atoms with van der Waals surface area (Å²) < 4.78 is 4.69. The van der Waals surface area contributed by atoms with Gasteiger partial charge in [0, 0.05) is 5.92 Å². The molecule has 0 radical (unpaired) electrons. The van der Waals surface area contributed by atoms with E-state index in [9.17, 15) is 4.79 Å². The first-order valence-corrected chi connectivity index (χ1v) is 3.79. The molecule has 0 aromatic carbocycles. The monoisotopic (exact) mass is 189 g/mol. The average molecular weight is 190 g/mol. The molecule has 0 atom stereocenters. The topological polar surface area (TPSA) is 63.3 Å². The first kappa shape index (κ1) is 9.06. The zero-order chi connectivity index (χ0) is 9.30. The number of aromatic carboxylic acids is 1. The zero-order valence-corrected chi connectivity index (χ0v) is 7.42. The average Bonchev–Trinajstić information content (AvgIpc) is 2.30. The highest BCUT2D eigenvalue weighted by atomic mass is 35.5. The number of halogens is 1. The van der Waals surface area contributed by atoms with Gasteiger partial charge in [-0.25, -0.2) is 9.78 Å². The lowest BCUT2D eigenvalue weighted by atomic mass is 10.2. The zero-order valence-electron chi connectivity index (χ0n) is 6.67. The van der Waals surface area contributed by atoms with Crippen LogP contribution in [0.1, 0.15) is 36.1 Å². The van der Waals surface area contributed by atoms with Crippen LogP contribution in [0.4, 0.5) is 0 Å². The third-order valence-electron chi connectivity index (χ3n) is 1.34. The number of nitrogens with zero attached hydrogens (tertiary/aromatic N) is 1. The summed E-state index contributed by atoms with van der Waals surface area (Å²) in [6.45, 7) is 3.71. The standard InChI is InChI=1S/C7H8ClNO3/c1-3(2)4-5(8)12-6(9-4)7(10)11/h3H,1-2H3,(H,10,11). The molecule has 0 aliphatic carbocycles. The predicted molar refractivity (Wildman–Crippen MR) is 42.6 cm³/mol. The Hall–Kier alpha value is -1.03. The highest BCUT2D eigenvalue weighted by molar-refractivity contribution is 6.29. The lowest BCUT2D eigenvalue weighted by molar-refractivity contribution is 0.0654. The summed E-state index contributed by atoms with van der Waals surface area (Å²) in [6, 6.07) is 0. The summed E-state index contributed by atoms with van der Waals surface area (Å²) in [6.07, 6.45) is 0. The van der Waals surface area contributed by atoms with E-state index >= 15 is 0 Å². The van der Waals surface area contributed by atoms with Crippen molar-refractivity contribution in [2.24, 2.45) is 0 Å². The lowest BCUT2D eigenvalue weighted by Gasteiger charge is -1.95. The Morgan fingerprint density at radius 3 is 2.50 bits per heavy atom. The highest BCUT2D eigenvalue weighted by Crippen LogP contribution is 2.24. The fourth-order valence-corrected chi connectivity index (χ4v) is 1.09. The van der Waals surface area contributed by atoms with Gasteiger partial charge in [0.15, 0.2) is 0 Å². The smallest absolute Gasteiger partial charge is 0.392 e. The van der Waals surface area contributed by atoms with Crippen LogP contribution < -0.4 is 0 Å². The molecular weight excluding hydrogens is 182 g/mol. The molecular formula is C7H8ClNO3. The number of rotatable bonds is 2. The molecule has 0 saturated heterocycles. The summed E-state index contributed by atoms with van der Waals surface area (Å²) >= 11 is 5.59. The molecule has 1 heterocycles. The molecule has 66 valence electrons. The second-order valence-corrected chi connectivity index (χ2v) is 2.98. The Kier molecular flexibility index (Phi) is 2.38. The molecule has 4 nitrogen and oxygen atoms in total. The fourth-order valence-electron chi connectivity index (χ4n) is 0.761. The van der Waals surface area contributed by atoms with Gasteiger partial charge in [0.1, 0.15) is 5.69 Å². The Balaban J connectivity index is 3.09. The van der Waals surface area contributed by atoms with Crippen molar-refractivity contribution in [2.45, 2.75) is 19.8 Å². The second kappa shape index (κ2) is 3.15. The number of carboxylic acid groups (broad SMARTS) is 1. The number of carboxylic acids is 1. The number of hydrogen-bond donors (Lipinski definition) is 1. The van der Waals surface area contributed by atoms with Gasteiger partial charge >= 0.3 is 11.9 Å². The SMILES string of the molecule is CC(C)c1nc(C(=O)O)oc1Cl. The van der Waals surface area contributed by atoms with Crippen molar-refractivity contribution in [2.75, 3.05) is 0 Å². The van der Waals surface area contributed by atoms with Crippen molar-refractivity contribution < 1.29 is 14.3 Å². The van der Waals surface area contributed by atoms with Gasteiger partial charge in [-0.3, -0.25) is 0 Å². The minimum absolute atomic E-state index is 0.0578. The largest absolute Gasteiger partial charge is 0.474 e. The predicted octanol–water partition coefficient (Wildman–Crippen LogP) is 2.15. The Labute approximate surface area is 74.2 Å². The minimum Gasteiger partial charge on any atom is -0.474 e. The number of aromatic nitrogens is 1. The summed E-state index contributed by atoms with van der Waals surface area (Å²) in [5, 5.41) is 8.55. The number of oxazole rings is 1. The van der Waals surface area contributed by atoms with Crippen LogP contribution in [0.15, 0.2) is 4.42 Å². The molecule has 1 aromatic rings. The van der Waals surface area contributed by atoms with E-state index in [-0.39, 0.29) is 17.0 Å². The molecule has 0 spiro atoms. The van der Waals surface area contributed by atoms with Gasteiger partial charge in [-0.15, -0.1) is 0 Å². The van der Waals surface area contributed by atoms with E-state index in [0.717, 1.165) is 0 Å². The molecule has 1 N–H and O–H groups in total. The molecule has 1 rings (SSSR count). The molecule has 5 heteroatoms. The van der Waals surface area contributed by atoms with Crippen LogP contribution in [0.5, 0.6) is 0 Å². The summed E-state index contributed by atoms with van der Waals surface area (Å²) in [5.74, 6) is -1.50. The van der Waals surface area contributed by atoms with Crippen molar-refractivity contribution in [3.63, 3.8) is 0 Å². The van der Waals surface area contributed by atoms with Gasteiger partial charge in [-0.05, 0) is 11.6 Å². The molecule has 1 aromatic heterocycles. The van der Waals surface area contributed by atoms with E-state index in [0.29, 0.717) is 5.69 Å². The van der Waals surface area contributed by atoms with Gasteiger partial charge in [0.25, 0.3) is 0 Å². The van der Waals surface area contributed by atoms with Crippen molar-refractivity contribution >= 4 is 17.6 Å². The molecule has 0 bridgehead atoms. The quantitative estimate of drug-likeness (QED) is 0.774. The molecule has 0 aliphatic rings. The van der Waals surface area contributed by atoms with E-state index in [1.165, 1.54) is 0 Å². The van der Waals surface area contributed by atoms with Gasteiger partial charge < -0.3 is 9.52 Å². The van der Waals surface area contributed by atoms with Crippen LogP contribution in [0.25, 0.3) is 0 Å². The van der Waals surface area contributed by atoms with Gasteiger partial charge in [0.2, 0.25) is 5.22 Å². The third kappa shape index (κ3) is 1.58. The van der Waals surface area contributed by atoms with Crippen molar-refractivity contribution in [3.8, 4) is 0 Å². The van der Waals surface area contributed by atoms with E-state index in [4.69, 9.17) is 21.1 Å². The lowest BCUT2D eigenvalue weighted by Crippen LogP contribution is -1.97. The third-order valence-corrected chi connectivity index (χ3v) is 1.61. The Morgan fingerprint density at radius 2 is 2.25 bits per heavy atom. The van der Waals surface area contributed by atoms with Crippen molar-refractivity contribution in [1.29, 1.82) is 0 Å². The summed E-state index contributed by atoms with van der Waals surface area (Å²) in [7, 11) is 0. The first-order chi connectivity index (χ1) is 5.52. The van der Waals surface area contributed by atoms with E-state index in [1.54, 1.807) is 0 Å². The van der Waals surface area contributed by atoms with Crippen LogP contribution in [-0.2, 0) is 0 Å². The maximum absolute atomic E-state index is 10.4. The number of hydrogen-bond acceptors (Lipinski definition) is 3. The Bertz CT molecular complexity index is 306. The molecule has 0 saturated carbocycles. The second-order valence-electron chi connectivity index (χ2n) is 2.64. The van der Waals surface area contributed by atoms with Crippen LogP contribution in [0.2, 0.25) is 5.22 Å². The molecule has 0 amide bonds. The van der Waals surface area contributed by atoms with Gasteiger partial charge in [0.05, 0.1) is 0 Å².